The SMILES string of the molecule is Cn1c2ccccc2c2occ(O)c21. The maximum atomic E-state index is 9.58. The van der Waals surface area contributed by atoms with E-state index in [1.54, 1.807) is 0 Å². The molecular weight excluding hydrogens is 178 g/mol. The van der Waals surface area contributed by atoms with Crippen molar-refractivity contribution in [3.8, 4) is 5.75 Å². The fourth-order valence-corrected chi connectivity index (χ4v) is 1.94. The average Bonchev–Trinajstić information content (AvgIpc) is 2.70. The van der Waals surface area contributed by atoms with E-state index in [2.05, 4.69) is 0 Å². The van der Waals surface area contributed by atoms with Gasteiger partial charge in [0.1, 0.15) is 11.8 Å². The lowest BCUT2D eigenvalue weighted by Gasteiger charge is -1.95. The van der Waals surface area contributed by atoms with Crippen LogP contribution < -0.4 is 0 Å². The van der Waals surface area contributed by atoms with Gasteiger partial charge in [-0.3, -0.25) is 0 Å². The molecule has 0 fully saturated rings. The van der Waals surface area contributed by atoms with Gasteiger partial charge in [-0.05, 0) is 12.1 Å². The van der Waals surface area contributed by atoms with Crippen molar-refractivity contribution in [2.45, 2.75) is 0 Å². The molecule has 70 valence electrons. The highest BCUT2D eigenvalue weighted by Crippen LogP contribution is 2.34. The summed E-state index contributed by atoms with van der Waals surface area (Å²) in [5.41, 5.74) is 2.57. The van der Waals surface area contributed by atoms with Gasteiger partial charge < -0.3 is 14.1 Å². The topological polar surface area (TPSA) is 38.3 Å². The predicted octanol–water partition coefficient (Wildman–Crippen LogP) is 2.63. The molecule has 0 aliphatic heterocycles. The van der Waals surface area contributed by atoms with Crippen molar-refractivity contribution < 1.29 is 9.52 Å². The van der Waals surface area contributed by atoms with Crippen molar-refractivity contribution in [2.24, 2.45) is 7.05 Å². The highest BCUT2D eigenvalue weighted by molar-refractivity contribution is 6.06. The van der Waals surface area contributed by atoms with E-state index < -0.39 is 0 Å². The van der Waals surface area contributed by atoms with E-state index in [9.17, 15) is 5.11 Å². The van der Waals surface area contributed by atoms with Gasteiger partial charge in [-0.1, -0.05) is 12.1 Å². The van der Waals surface area contributed by atoms with Crippen molar-refractivity contribution >= 4 is 22.0 Å². The average molecular weight is 187 g/mol. The first kappa shape index (κ1) is 7.50. The van der Waals surface area contributed by atoms with E-state index in [4.69, 9.17) is 4.42 Å². The van der Waals surface area contributed by atoms with E-state index in [0.29, 0.717) is 0 Å². The summed E-state index contributed by atoms with van der Waals surface area (Å²) in [6, 6.07) is 7.92. The molecule has 1 N–H and O–H groups in total. The molecule has 3 aromatic rings. The summed E-state index contributed by atoms with van der Waals surface area (Å²) in [5, 5.41) is 10.6. The first-order chi connectivity index (χ1) is 6.79. The van der Waals surface area contributed by atoms with Crippen LogP contribution in [0.4, 0.5) is 0 Å². The van der Waals surface area contributed by atoms with Crippen LogP contribution in [-0.4, -0.2) is 9.67 Å². The highest BCUT2D eigenvalue weighted by atomic mass is 16.4. The van der Waals surface area contributed by atoms with Crippen molar-refractivity contribution in [1.29, 1.82) is 0 Å². The quantitative estimate of drug-likeness (QED) is 0.587. The Bertz CT molecular complexity index is 619. The maximum absolute atomic E-state index is 9.58. The first-order valence-electron chi connectivity index (χ1n) is 4.42. The second-order valence-corrected chi connectivity index (χ2v) is 3.37. The van der Waals surface area contributed by atoms with Gasteiger partial charge in [0, 0.05) is 12.4 Å². The molecule has 0 unspecified atom stereocenters. The lowest BCUT2D eigenvalue weighted by Crippen LogP contribution is -1.84. The highest BCUT2D eigenvalue weighted by Gasteiger charge is 2.14. The van der Waals surface area contributed by atoms with E-state index >= 15 is 0 Å². The summed E-state index contributed by atoms with van der Waals surface area (Å²) < 4.78 is 7.25. The number of hydrogen-bond acceptors (Lipinski definition) is 2. The van der Waals surface area contributed by atoms with Gasteiger partial charge in [-0.2, -0.15) is 0 Å². The normalized spacial score (nSPS) is 11.5. The minimum atomic E-state index is 0.193. The van der Waals surface area contributed by atoms with E-state index in [0.717, 1.165) is 22.0 Å². The van der Waals surface area contributed by atoms with Crippen molar-refractivity contribution in [2.75, 3.05) is 0 Å². The molecule has 0 aliphatic carbocycles. The molecule has 0 bridgehead atoms. The molecular formula is C11H9NO2. The molecule has 3 heteroatoms. The zero-order chi connectivity index (χ0) is 9.71. The monoisotopic (exact) mass is 187 g/mol. The number of benzene rings is 1. The zero-order valence-electron chi connectivity index (χ0n) is 7.69. The number of para-hydroxylation sites is 1. The van der Waals surface area contributed by atoms with Crippen molar-refractivity contribution in [3.63, 3.8) is 0 Å². The Morgan fingerprint density at radius 1 is 1.29 bits per heavy atom. The van der Waals surface area contributed by atoms with Gasteiger partial charge >= 0.3 is 0 Å². The number of nitrogens with zero attached hydrogens (tertiary/aromatic N) is 1. The summed E-state index contributed by atoms with van der Waals surface area (Å²) in [6.45, 7) is 0. The molecule has 0 spiro atoms. The van der Waals surface area contributed by atoms with Gasteiger partial charge in [0.2, 0.25) is 0 Å². The molecule has 3 nitrogen and oxygen atoms in total. The van der Waals surface area contributed by atoms with E-state index in [1.807, 2.05) is 35.9 Å². The molecule has 2 heterocycles. The van der Waals surface area contributed by atoms with E-state index in [1.165, 1.54) is 6.26 Å². The standard InChI is InChI=1S/C11H9NO2/c1-12-8-5-3-2-4-7(8)11-10(12)9(13)6-14-11/h2-6,13H,1H3. The van der Waals surface area contributed by atoms with Gasteiger partial charge in [-0.15, -0.1) is 0 Å². The Morgan fingerprint density at radius 3 is 2.93 bits per heavy atom. The van der Waals surface area contributed by atoms with Gasteiger partial charge in [0.05, 0.1) is 5.52 Å². The van der Waals surface area contributed by atoms with Crippen molar-refractivity contribution in [3.05, 3.63) is 30.5 Å². The summed E-state index contributed by atoms with van der Waals surface area (Å²) in [5.74, 6) is 0.193. The number of hydrogen-bond donors (Lipinski definition) is 1. The number of furan rings is 1. The maximum Gasteiger partial charge on any atom is 0.178 e. The molecule has 0 radical (unpaired) electrons. The van der Waals surface area contributed by atoms with Crippen LogP contribution in [0.2, 0.25) is 0 Å². The molecule has 0 amide bonds. The van der Waals surface area contributed by atoms with Crippen LogP contribution >= 0.6 is 0 Å². The van der Waals surface area contributed by atoms with Gasteiger partial charge in [-0.25, -0.2) is 0 Å². The molecule has 2 aromatic heterocycles. The summed E-state index contributed by atoms with van der Waals surface area (Å²) in [7, 11) is 1.92. The lowest BCUT2D eigenvalue weighted by molar-refractivity contribution is 0.463. The van der Waals surface area contributed by atoms with Crippen LogP contribution in [-0.2, 0) is 7.05 Å². The second kappa shape index (κ2) is 2.32. The van der Waals surface area contributed by atoms with Gasteiger partial charge in [0.25, 0.3) is 0 Å². The number of aromatic hydroxyl groups is 1. The number of rotatable bonds is 0. The Labute approximate surface area is 80.2 Å². The van der Waals surface area contributed by atoms with Crippen LogP contribution in [0.25, 0.3) is 22.0 Å². The van der Waals surface area contributed by atoms with Crippen LogP contribution in [0.3, 0.4) is 0 Å². The summed E-state index contributed by atoms with van der Waals surface area (Å²) >= 11 is 0. The lowest BCUT2D eigenvalue weighted by atomic mass is 10.2. The Kier molecular flexibility index (Phi) is 1.24. The Hall–Kier alpha value is -1.90. The largest absolute Gasteiger partial charge is 0.503 e. The summed E-state index contributed by atoms with van der Waals surface area (Å²) in [4.78, 5) is 0. The van der Waals surface area contributed by atoms with Crippen molar-refractivity contribution in [1.82, 2.24) is 4.57 Å². The Morgan fingerprint density at radius 2 is 2.07 bits per heavy atom. The van der Waals surface area contributed by atoms with Crippen LogP contribution in [0.5, 0.6) is 5.75 Å². The number of aryl methyl sites for hydroxylation is 1. The number of aromatic nitrogens is 1. The third kappa shape index (κ3) is 0.719. The molecule has 0 atom stereocenters. The minimum absolute atomic E-state index is 0.193. The van der Waals surface area contributed by atoms with Crippen LogP contribution in [0, 0.1) is 0 Å². The summed E-state index contributed by atoms with van der Waals surface area (Å²) in [6.07, 6.45) is 1.37. The molecule has 1 aromatic carbocycles. The van der Waals surface area contributed by atoms with Crippen LogP contribution in [0.1, 0.15) is 0 Å². The van der Waals surface area contributed by atoms with E-state index in [-0.39, 0.29) is 5.75 Å². The number of fused-ring (bicyclic) bond motifs is 3. The smallest absolute Gasteiger partial charge is 0.178 e. The molecule has 3 rings (SSSR count). The zero-order valence-corrected chi connectivity index (χ0v) is 7.69. The fraction of sp³-hybridized carbons (Fsp3) is 0.0909. The first-order valence-corrected chi connectivity index (χ1v) is 4.42. The van der Waals surface area contributed by atoms with Crippen LogP contribution in [0.15, 0.2) is 34.9 Å². The second-order valence-electron chi connectivity index (χ2n) is 3.37. The third-order valence-electron chi connectivity index (χ3n) is 2.59. The Balaban J connectivity index is 2.69. The molecule has 0 saturated carbocycles. The predicted molar refractivity (Wildman–Crippen MR) is 54.4 cm³/mol. The molecule has 0 saturated heterocycles. The molecule has 14 heavy (non-hydrogen) atoms. The van der Waals surface area contributed by atoms with Gasteiger partial charge in [0.15, 0.2) is 11.3 Å². The minimum Gasteiger partial charge on any atom is -0.503 e. The molecule has 0 aliphatic rings. The third-order valence-corrected chi connectivity index (χ3v) is 2.59. The fourth-order valence-electron chi connectivity index (χ4n) is 1.94.